The summed E-state index contributed by atoms with van der Waals surface area (Å²) in [5.41, 5.74) is -2.38. The van der Waals surface area contributed by atoms with Crippen LogP contribution in [0, 0.1) is 11.3 Å². The van der Waals surface area contributed by atoms with Crippen LogP contribution in [-0.2, 0) is 14.4 Å². The average Bonchev–Trinajstić information content (AvgIpc) is 3.30. The van der Waals surface area contributed by atoms with Crippen LogP contribution in [0.2, 0.25) is 0 Å². The van der Waals surface area contributed by atoms with E-state index >= 15 is 0 Å². The van der Waals surface area contributed by atoms with Gasteiger partial charge in [0.25, 0.3) is 5.91 Å². The third-order valence-corrected chi connectivity index (χ3v) is 6.17. The maximum absolute atomic E-state index is 14.5. The van der Waals surface area contributed by atoms with Gasteiger partial charge in [0.1, 0.15) is 0 Å². The highest BCUT2D eigenvalue weighted by Gasteiger charge is 2.57. The molecule has 3 fully saturated rings. The Kier molecular flexibility index (Phi) is 6.61. The Morgan fingerprint density at radius 2 is 1.97 bits per heavy atom. The molecule has 1 aromatic rings. The number of carbonyl (C=O) groups is 3. The summed E-state index contributed by atoms with van der Waals surface area (Å²) in [5.74, 6) is -2.80. The van der Waals surface area contributed by atoms with E-state index in [1.807, 2.05) is 12.1 Å². The molecule has 1 saturated carbocycles. The Morgan fingerprint density at radius 3 is 2.50 bits per heavy atom. The number of nitrogens with zero attached hydrogens (tertiary/aromatic N) is 2. The predicted molar refractivity (Wildman–Crippen MR) is 101 cm³/mol. The third-order valence-electron chi connectivity index (χ3n) is 6.17. The Balaban J connectivity index is 0.000000360. The summed E-state index contributed by atoms with van der Waals surface area (Å²) >= 11 is 0. The van der Waals surface area contributed by atoms with Gasteiger partial charge in [0.15, 0.2) is 5.67 Å². The van der Waals surface area contributed by atoms with E-state index < -0.39 is 29.1 Å². The van der Waals surface area contributed by atoms with Crippen LogP contribution < -0.4 is 10.1 Å². The van der Waals surface area contributed by atoms with Crippen molar-refractivity contribution in [1.29, 1.82) is 0 Å². The number of alkyl halides is 4. The molecule has 8 nitrogen and oxygen atoms in total. The Hall–Kier alpha value is -2.92. The number of hydrogen-bond acceptors (Lipinski definition) is 5. The SMILES string of the molecule is O=C(N1CC[C@]2(C1)C(=O)NC[C@H]2COc1ccccn1)C1(F)CCC1.O=C(O)C(F)(F)F. The second-order valence-corrected chi connectivity index (χ2v) is 8.14. The smallest absolute Gasteiger partial charge is 0.477 e. The summed E-state index contributed by atoms with van der Waals surface area (Å²) in [6.07, 6.45) is -1.53. The first kappa shape index (κ1) is 23.7. The fourth-order valence-corrected chi connectivity index (χ4v) is 4.12. The zero-order valence-corrected chi connectivity index (χ0v) is 17.0. The Morgan fingerprint density at radius 1 is 1.28 bits per heavy atom. The molecule has 0 radical (unpaired) electrons. The monoisotopic (exact) mass is 461 g/mol. The first-order valence-electron chi connectivity index (χ1n) is 10.1. The molecule has 1 aromatic heterocycles. The third kappa shape index (κ3) is 4.78. The van der Waals surface area contributed by atoms with Gasteiger partial charge in [-0.15, -0.1) is 0 Å². The number of carboxylic acid groups (broad SMARTS) is 1. The normalized spacial score (nSPS) is 26.1. The topological polar surface area (TPSA) is 109 Å². The number of aliphatic carboxylic acids is 1. The number of carbonyl (C=O) groups excluding carboxylic acids is 2. The van der Waals surface area contributed by atoms with Crippen molar-refractivity contribution < 1.29 is 41.8 Å². The molecule has 2 N–H and O–H groups in total. The molecule has 0 bridgehead atoms. The number of nitrogens with one attached hydrogen (secondary N) is 1. The Bertz CT molecular complexity index is 863. The van der Waals surface area contributed by atoms with Crippen molar-refractivity contribution >= 4 is 17.8 Å². The van der Waals surface area contributed by atoms with Gasteiger partial charge >= 0.3 is 12.1 Å². The van der Waals surface area contributed by atoms with Gasteiger partial charge in [0, 0.05) is 37.8 Å². The summed E-state index contributed by atoms with van der Waals surface area (Å²) in [4.78, 5) is 39.5. The maximum atomic E-state index is 14.5. The van der Waals surface area contributed by atoms with E-state index in [-0.39, 0.29) is 18.4 Å². The molecular weight excluding hydrogens is 438 g/mol. The number of carboxylic acids is 1. The molecule has 12 heteroatoms. The minimum atomic E-state index is -5.08. The number of rotatable bonds is 4. The summed E-state index contributed by atoms with van der Waals surface area (Å²) < 4.78 is 51.9. The van der Waals surface area contributed by atoms with Crippen LogP contribution in [0.15, 0.2) is 24.4 Å². The highest BCUT2D eigenvalue weighted by molar-refractivity contribution is 5.90. The van der Waals surface area contributed by atoms with Crippen LogP contribution in [0.1, 0.15) is 25.7 Å². The molecule has 3 aliphatic rings. The highest BCUT2D eigenvalue weighted by atomic mass is 19.4. The number of amides is 2. The van der Waals surface area contributed by atoms with E-state index in [0.29, 0.717) is 44.8 Å². The van der Waals surface area contributed by atoms with Crippen LogP contribution in [0.4, 0.5) is 17.6 Å². The average molecular weight is 461 g/mol. The van der Waals surface area contributed by atoms with Crippen LogP contribution in [0.25, 0.3) is 0 Å². The number of aromatic nitrogens is 1. The van der Waals surface area contributed by atoms with E-state index in [4.69, 9.17) is 14.6 Å². The fourth-order valence-electron chi connectivity index (χ4n) is 4.12. The lowest BCUT2D eigenvalue weighted by Gasteiger charge is -2.36. The van der Waals surface area contributed by atoms with Gasteiger partial charge in [0.05, 0.1) is 12.0 Å². The van der Waals surface area contributed by atoms with Gasteiger partial charge in [-0.05, 0) is 31.7 Å². The van der Waals surface area contributed by atoms with E-state index in [1.54, 1.807) is 12.3 Å². The first-order chi connectivity index (χ1) is 15.0. The van der Waals surface area contributed by atoms with Crippen LogP contribution in [-0.4, -0.2) is 70.9 Å². The van der Waals surface area contributed by atoms with Crippen LogP contribution in [0.3, 0.4) is 0 Å². The highest BCUT2D eigenvalue weighted by Crippen LogP contribution is 2.45. The van der Waals surface area contributed by atoms with Crippen molar-refractivity contribution in [3.63, 3.8) is 0 Å². The van der Waals surface area contributed by atoms with Crippen LogP contribution >= 0.6 is 0 Å². The Labute approximate surface area is 180 Å². The molecule has 2 aliphatic heterocycles. The van der Waals surface area contributed by atoms with E-state index in [1.165, 1.54) is 4.90 Å². The van der Waals surface area contributed by atoms with E-state index in [9.17, 15) is 27.2 Å². The van der Waals surface area contributed by atoms with Gasteiger partial charge in [0.2, 0.25) is 11.8 Å². The quantitative estimate of drug-likeness (QED) is 0.664. The molecule has 1 spiro atoms. The lowest BCUT2D eigenvalue weighted by Crippen LogP contribution is -2.51. The number of pyridine rings is 1. The van der Waals surface area contributed by atoms with Gasteiger partial charge < -0.3 is 20.1 Å². The molecule has 2 atom stereocenters. The molecule has 176 valence electrons. The number of ether oxygens (including phenoxy) is 1. The standard InChI is InChI=1S/C18H22FN3O3.C2HF3O2/c19-18(5-3-6-18)16(24)22-9-7-17(12-22)13(10-21-15(17)23)11-25-14-4-1-2-8-20-14;3-2(4,5)1(6)7/h1-2,4,8,13H,3,5-7,9-12H2,(H,21,23);(H,6,7)/t13-,17+;/m0./s1. The minimum Gasteiger partial charge on any atom is -0.477 e. The second kappa shape index (κ2) is 8.91. The van der Waals surface area contributed by atoms with Gasteiger partial charge in [-0.1, -0.05) is 6.07 Å². The lowest BCUT2D eigenvalue weighted by molar-refractivity contribution is -0.192. The van der Waals surface area contributed by atoms with Gasteiger partial charge in [-0.25, -0.2) is 14.2 Å². The molecule has 32 heavy (non-hydrogen) atoms. The zero-order chi connectivity index (χ0) is 23.6. The van der Waals surface area contributed by atoms with Crippen molar-refractivity contribution in [3.05, 3.63) is 24.4 Å². The van der Waals surface area contributed by atoms with E-state index in [2.05, 4.69) is 10.3 Å². The zero-order valence-electron chi connectivity index (χ0n) is 17.0. The van der Waals surface area contributed by atoms with Crippen molar-refractivity contribution in [3.8, 4) is 5.88 Å². The second-order valence-electron chi connectivity index (χ2n) is 8.14. The first-order valence-corrected chi connectivity index (χ1v) is 10.1. The van der Waals surface area contributed by atoms with Crippen molar-refractivity contribution in [2.24, 2.45) is 11.3 Å². The molecule has 0 unspecified atom stereocenters. The van der Waals surface area contributed by atoms with Crippen molar-refractivity contribution in [2.45, 2.75) is 37.5 Å². The molecular formula is C20H23F4N3O5. The number of likely N-dealkylation sites (tertiary alicyclic amines) is 1. The molecule has 4 rings (SSSR count). The fraction of sp³-hybridized carbons (Fsp3) is 0.600. The maximum Gasteiger partial charge on any atom is 0.490 e. The van der Waals surface area contributed by atoms with Gasteiger partial charge in [-0.2, -0.15) is 13.2 Å². The molecule has 2 amide bonds. The van der Waals surface area contributed by atoms with Crippen LogP contribution in [0.5, 0.6) is 5.88 Å². The van der Waals surface area contributed by atoms with E-state index in [0.717, 1.165) is 6.42 Å². The molecule has 2 saturated heterocycles. The molecule has 1 aliphatic carbocycles. The van der Waals surface area contributed by atoms with Crippen molar-refractivity contribution in [2.75, 3.05) is 26.2 Å². The summed E-state index contributed by atoms with van der Waals surface area (Å²) in [6, 6.07) is 5.42. The molecule has 0 aromatic carbocycles. The number of halogens is 4. The van der Waals surface area contributed by atoms with Gasteiger partial charge in [-0.3, -0.25) is 9.59 Å². The number of hydrogen-bond donors (Lipinski definition) is 2. The van der Waals surface area contributed by atoms with Crippen molar-refractivity contribution in [1.82, 2.24) is 15.2 Å². The minimum absolute atomic E-state index is 0.0565. The summed E-state index contributed by atoms with van der Waals surface area (Å²) in [6.45, 7) is 1.56. The summed E-state index contributed by atoms with van der Waals surface area (Å²) in [7, 11) is 0. The largest absolute Gasteiger partial charge is 0.490 e. The molecule has 3 heterocycles. The summed E-state index contributed by atoms with van der Waals surface area (Å²) in [5, 5.41) is 10.0. The lowest BCUT2D eigenvalue weighted by atomic mass is 9.77. The predicted octanol–water partition coefficient (Wildman–Crippen LogP) is 1.95.